The van der Waals surface area contributed by atoms with Gasteiger partial charge in [-0.1, -0.05) is 5.57 Å². The Morgan fingerprint density at radius 2 is 1.53 bits per heavy atom. The summed E-state index contributed by atoms with van der Waals surface area (Å²) >= 11 is 0. The Hall–Kier alpha value is -1.53. The summed E-state index contributed by atoms with van der Waals surface area (Å²) < 4.78 is 47.8. The molecule has 0 N–H and O–H groups in total. The molecule has 108 valence electrons. The maximum absolute atomic E-state index is 13.0. The van der Waals surface area contributed by atoms with Crippen LogP contribution in [0.15, 0.2) is 11.1 Å². The van der Waals surface area contributed by atoms with Crippen LogP contribution in [0.1, 0.15) is 20.3 Å². The van der Waals surface area contributed by atoms with E-state index in [4.69, 9.17) is 0 Å². The van der Waals surface area contributed by atoms with Crippen molar-refractivity contribution in [1.29, 1.82) is 0 Å². The number of hydrogen-bond donors (Lipinski definition) is 0. The van der Waals surface area contributed by atoms with Gasteiger partial charge in [-0.2, -0.15) is 13.2 Å². The predicted molar refractivity (Wildman–Crippen MR) is 59.0 cm³/mol. The van der Waals surface area contributed by atoms with Crippen LogP contribution in [0.25, 0.3) is 0 Å². The van der Waals surface area contributed by atoms with Gasteiger partial charge in [0.2, 0.25) is 0 Å². The topological polar surface area (TPSA) is 52.6 Å². The van der Waals surface area contributed by atoms with Gasteiger partial charge in [-0.15, -0.1) is 0 Å². The van der Waals surface area contributed by atoms with Gasteiger partial charge in [0.1, 0.15) is 0 Å². The van der Waals surface area contributed by atoms with Crippen LogP contribution in [0.4, 0.5) is 13.2 Å². The van der Waals surface area contributed by atoms with Gasteiger partial charge >= 0.3 is 18.1 Å². The molecule has 1 aliphatic rings. The van der Waals surface area contributed by atoms with Crippen molar-refractivity contribution >= 4 is 11.9 Å². The molecule has 1 unspecified atom stereocenters. The number of rotatable bonds is 3. The van der Waals surface area contributed by atoms with Crippen LogP contribution < -0.4 is 0 Å². The van der Waals surface area contributed by atoms with E-state index in [2.05, 4.69) is 9.47 Å². The minimum absolute atomic E-state index is 0.0205. The Balaban J connectivity index is 3.22. The molecule has 7 heteroatoms. The molecular weight excluding hydrogens is 265 g/mol. The lowest BCUT2D eigenvalue weighted by Gasteiger charge is -2.17. The normalized spacial score (nSPS) is 20.5. The minimum atomic E-state index is -4.59. The van der Waals surface area contributed by atoms with E-state index in [1.165, 1.54) is 13.8 Å². The van der Waals surface area contributed by atoms with E-state index in [-0.39, 0.29) is 12.0 Å². The second-order valence-corrected chi connectivity index (χ2v) is 4.62. The van der Waals surface area contributed by atoms with Crippen LogP contribution in [0, 0.1) is 11.3 Å². The number of carbonyl (C=O) groups is 2. The molecule has 1 aliphatic carbocycles. The summed E-state index contributed by atoms with van der Waals surface area (Å²) in [7, 11) is 2.05. The molecule has 1 atom stereocenters. The largest absolute Gasteiger partial charge is 0.468 e. The zero-order valence-electron chi connectivity index (χ0n) is 11.1. The zero-order valence-corrected chi connectivity index (χ0v) is 11.1. The number of esters is 2. The molecule has 0 amide bonds. The van der Waals surface area contributed by atoms with Gasteiger partial charge in [0.05, 0.1) is 14.2 Å². The molecule has 1 fully saturated rings. The molecule has 0 aromatic carbocycles. The van der Waals surface area contributed by atoms with Gasteiger partial charge < -0.3 is 9.47 Å². The molecule has 4 nitrogen and oxygen atoms in total. The van der Waals surface area contributed by atoms with Crippen molar-refractivity contribution < 1.29 is 32.2 Å². The van der Waals surface area contributed by atoms with Crippen molar-refractivity contribution in [2.45, 2.75) is 26.4 Å². The van der Waals surface area contributed by atoms with E-state index < -0.39 is 35.0 Å². The van der Waals surface area contributed by atoms with Gasteiger partial charge in [0.15, 0.2) is 5.41 Å². The summed E-state index contributed by atoms with van der Waals surface area (Å²) in [5.74, 6) is -3.22. The van der Waals surface area contributed by atoms with Crippen LogP contribution >= 0.6 is 0 Å². The third-order valence-electron chi connectivity index (χ3n) is 3.25. The number of hydrogen-bond acceptors (Lipinski definition) is 4. The SMILES string of the molecule is COC(=O)C1(C(=O)OC)CC1C(=C(C)C)C(F)(F)F. The second-order valence-electron chi connectivity index (χ2n) is 4.62. The Bertz CT molecular complexity index is 417. The van der Waals surface area contributed by atoms with Crippen molar-refractivity contribution in [3.63, 3.8) is 0 Å². The number of alkyl halides is 3. The summed E-state index contributed by atoms with van der Waals surface area (Å²) in [6.07, 6.45) is -4.83. The molecule has 1 saturated carbocycles. The molecule has 0 aromatic rings. The van der Waals surface area contributed by atoms with Gasteiger partial charge in [-0.25, -0.2) is 0 Å². The first-order valence-corrected chi connectivity index (χ1v) is 5.54. The highest BCUT2D eigenvalue weighted by atomic mass is 19.4. The first kappa shape index (κ1) is 15.5. The van der Waals surface area contributed by atoms with Crippen molar-refractivity contribution in [3.8, 4) is 0 Å². The van der Waals surface area contributed by atoms with Crippen molar-refractivity contribution in [2.75, 3.05) is 14.2 Å². The van der Waals surface area contributed by atoms with Crippen LogP contribution in [0.5, 0.6) is 0 Å². The van der Waals surface area contributed by atoms with E-state index in [1.54, 1.807) is 0 Å². The number of allylic oxidation sites excluding steroid dienone is 2. The summed E-state index contributed by atoms with van der Waals surface area (Å²) in [6, 6.07) is 0. The van der Waals surface area contributed by atoms with Crippen molar-refractivity contribution in [1.82, 2.24) is 0 Å². The zero-order chi connectivity index (χ0) is 15.0. The third kappa shape index (κ3) is 2.46. The summed E-state index contributed by atoms with van der Waals surface area (Å²) in [4.78, 5) is 23.3. The average Bonchev–Trinajstić information content (AvgIpc) is 3.00. The highest BCUT2D eigenvalue weighted by Crippen LogP contribution is 2.61. The fourth-order valence-corrected chi connectivity index (χ4v) is 2.34. The van der Waals surface area contributed by atoms with Gasteiger partial charge in [0.25, 0.3) is 0 Å². The van der Waals surface area contributed by atoms with E-state index in [1.807, 2.05) is 0 Å². The molecule has 0 heterocycles. The van der Waals surface area contributed by atoms with Crippen molar-refractivity contribution in [2.24, 2.45) is 11.3 Å². The van der Waals surface area contributed by atoms with Crippen LogP contribution in [0.2, 0.25) is 0 Å². The monoisotopic (exact) mass is 280 g/mol. The smallest absolute Gasteiger partial charge is 0.412 e. The van der Waals surface area contributed by atoms with Crippen LogP contribution in [-0.4, -0.2) is 32.3 Å². The maximum atomic E-state index is 13.0. The number of carbonyl (C=O) groups excluding carboxylic acids is 2. The Kier molecular flexibility index (Phi) is 3.97. The molecule has 0 spiro atoms. The first-order chi connectivity index (χ1) is 8.62. The van der Waals surface area contributed by atoms with Gasteiger partial charge in [-0.05, 0) is 20.3 Å². The number of halogens is 3. The van der Waals surface area contributed by atoms with E-state index in [0.717, 1.165) is 14.2 Å². The summed E-state index contributed by atoms with van der Waals surface area (Å²) in [5, 5.41) is 0. The Morgan fingerprint density at radius 1 is 1.11 bits per heavy atom. The fraction of sp³-hybridized carbons (Fsp3) is 0.667. The van der Waals surface area contributed by atoms with E-state index in [0.29, 0.717) is 0 Å². The quantitative estimate of drug-likeness (QED) is 0.452. The molecule has 1 rings (SSSR count). The fourth-order valence-electron chi connectivity index (χ4n) is 2.34. The molecule has 0 aromatic heterocycles. The lowest BCUT2D eigenvalue weighted by Crippen LogP contribution is -2.32. The molecule has 0 bridgehead atoms. The third-order valence-corrected chi connectivity index (χ3v) is 3.25. The van der Waals surface area contributed by atoms with Gasteiger partial charge in [-0.3, -0.25) is 9.59 Å². The molecule has 0 saturated heterocycles. The van der Waals surface area contributed by atoms with Gasteiger partial charge in [0, 0.05) is 11.5 Å². The standard InChI is InChI=1S/C12H15F3O4/c1-6(2)8(12(13,14)15)7-5-11(7,9(16)18-3)10(17)19-4/h7H,5H2,1-4H3. The summed E-state index contributed by atoms with van der Waals surface area (Å²) in [6.45, 7) is 2.58. The Labute approximate surface area is 108 Å². The molecule has 0 aliphatic heterocycles. The molecule has 19 heavy (non-hydrogen) atoms. The van der Waals surface area contributed by atoms with Crippen molar-refractivity contribution in [3.05, 3.63) is 11.1 Å². The van der Waals surface area contributed by atoms with E-state index in [9.17, 15) is 22.8 Å². The summed E-state index contributed by atoms with van der Waals surface area (Å²) in [5.41, 5.74) is -2.69. The lowest BCUT2D eigenvalue weighted by molar-refractivity contribution is -0.162. The average molecular weight is 280 g/mol. The highest BCUT2D eigenvalue weighted by Gasteiger charge is 2.72. The minimum Gasteiger partial charge on any atom is -0.468 e. The maximum Gasteiger partial charge on any atom is 0.412 e. The number of ether oxygens (including phenoxy) is 2. The number of methoxy groups -OCH3 is 2. The van der Waals surface area contributed by atoms with E-state index >= 15 is 0 Å². The molecule has 0 radical (unpaired) electrons. The predicted octanol–water partition coefficient (Wildman–Crippen LogP) is 2.24. The highest BCUT2D eigenvalue weighted by molar-refractivity contribution is 6.04. The Morgan fingerprint density at radius 3 is 1.79 bits per heavy atom. The lowest BCUT2D eigenvalue weighted by atomic mass is 9.96. The first-order valence-electron chi connectivity index (χ1n) is 5.54. The van der Waals surface area contributed by atoms with Crippen LogP contribution in [0.3, 0.4) is 0 Å². The molecular formula is C12H15F3O4. The second kappa shape index (κ2) is 4.86. The van der Waals surface area contributed by atoms with Crippen LogP contribution in [-0.2, 0) is 19.1 Å².